The van der Waals surface area contributed by atoms with Crippen molar-refractivity contribution in [1.82, 2.24) is 10.2 Å². The molecule has 3 nitrogen and oxygen atoms in total. The molecule has 0 aliphatic carbocycles. The van der Waals surface area contributed by atoms with E-state index in [1.54, 1.807) is 0 Å². The van der Waals surface area contributed by atoms with E-state index in [1.165, 1.54) is 54.6 Å². The zero-order chi connectivity index (χ0) is 18.5. The zero-order valence-electron chi connectivity index (χ0n) is 16.2. The van der Waals surface area contributed by atoms with Gasteiger partial charge in [0.1, 0.15) is 0 Å². The van der Waals surface area contributed by atoms with Crippen molar-refractivity contribution in [1.29, 1.82) is 0 Å². The quantitative estimate of drug-likeness (QED) is 0.841. The molecule has 0 spiro atoms. The van der Waals surface area contributed by atoms with E-state index in [4.69, 9.17) is 0 Å². The van der Waals surface area contributed by atoms with E-state index in [9.17, 15) is 4.79 Å². The van der Waals surface area contributed by atoms with Gasteiger partial charge in [0.15, 0.2) is 0 Å². The Hall–Kier alpha value is -2.13. The summed E-state index contributed by atoms with van der Waals surface area (Å²) in [5.74, 6) is -0.0120. The average Bonchev–Trinajstić information content (AvgIpc) is 2.63. The summed E-state index contributed by atoms with van der Waals surface area (Å²) >= 11 is 0. The number of nitrogens with one attached hydrogen (secondary N) is 1. The molecule has 1 heterocycles. The van der Waals surface area contributed by atoms with Crippen molar-refractivity contribution in [2.45, 2.75) is 52.6 Å². The molecule has 26 heavy (non-hydrogen) atoms. The number of benzene rings is 2. The molecule has 1 amide bonds. The number of hydrogen-bond acceptors (Lipinski definition) is 2. The lowest BCUT2D eigenvalue weighted by molar-refractivity contribution is 0.0940. The fourth-order valence-electron chi connectivity index (χ4n) is 3.81. The van der Waals surface area contributed by atoms with E-state index in [2.05, 4.69) is 54.4 Å². The van der Waals surface area contributed by atoms with Crippen LogP contribution in [0.25, 0.3) is 0 Å². The van der Waals surface area contributed by atoms with Crippen LogP contribution in [-0.2, 0) is 6.54 Å². The summed E-state index contributed by atoms with van der Waals surface area (Å²) in [7, 11) is 0. The Balaban J connectivity index is 1.60. The molecular weight excluding hydrogens is 320 g/mol. The van der Waals surface area contributed by atoms with Crippen LogP contribution in [0, 0.1) is 13.8 Å². The SMILES string of the molecule is Cc1ccc([C@@H](C)NC(=O)c2ccc(CN3CCCCC3)cc2)c(C)c1. The predicted octanol–water partition coefficient (Wildman–Crippen LogP) is 4.78. The van der Waals surface area contributed by atoms with Crippen LogP contribution in [0.5, 0.6) is 0 Å². The molecule has 1 aliphatic heterocycles. The van der Waals surface area contributed by atoms with Crippen molar-refractivity contribution in [2.75, 3.05) is 13.1 Å². The topological polar surface area (TPSA) is 32.3 Å². The van der Waals surface area contributed by atoms with Gasteiger partial charge >= 0.3 is 0 Å². The minimum absolute atomic E-state index is 0.00359. The minimum atomic E-state index is -0.0120. The number of piperidine rings is 1. The Labute approximate surface area is 157 Å². The summed E-state index contributed by atoms with van der Waals surface area (Å²) in [6, 6.07) is 14.4. The molecule has 3 rings (SSSR count). The molecule has 1 N–H and O–H groups in total. The highest BCUT2D eigenvalue weighted by Gasteiger charge is 2.14. The van der Waals surface area contributed by atoms with Gasteiger partial charge in [-0.1, -0.05) is 42.3 Å². The fourth-order valence-corrected chi connectivity index (χ4v) is 3.81. The third-order valence-corrected chi connectivity index (χ3v) is 5.31. The smallest absolute Gasteiger partial charge is 0.251 e. The first-order valence-electron chi connectivity index (χ1n) is 9.72. The lowest BCUT2D eigenvalue weighted by atomic mass is 10.00. The molecule has 1 saturated heterocycles. The van der Waals surface area contributed by atoms with Crippen LogP contribution in [0.1, 0.15) is 64.8 Å². The molecular formula is C23H30N2O. The number of hydrogen-bond donors (Lipinski definition) is 1. The number of nitrogens with zero attached hydrogens (tertiary/aromatic N) is 1. The molecule has 2 aromatic carbocycles. The van der Waals surface area contributed by atoms with Crippen LogP contribution in [-0.4, -0.2) is 23.9 Å². The van der Waals surface area contributed by atoms with Crippen molar-refractivity contribution in [3.05, 3.63) is 70.3 Å². The first kappa shape index (κ1) is 18.7. The average molecular weight is 351 g/mol. The lowest BCUT2D eigenvalue weighted by Crippen LogP contribution is -2.29. The molecule has 2 aromatic rings. The Morgan fingerprint density at radius 2 is 1.73 bits per heavy atom. The Morgan fingerprint density at radius 3 is 2.38 bits per heavy atom. The molecule has 138 valence electrons. The van der Waals surface area contributed by atoms with Crippen molar-refractivity contribution in [3.63, 3.8) is 0 Å². The standard InChI is InChI=1S/C23H30N2O/c1-17-7-12-22(18(2)15-17)19(3)24-23(26)21-10-8-20(9-11-21)16-25-13-5-4-6-14-25/h7-12,15,19H,4-6,13-14,16H2,1-3H3,(H,24,26)/t19-/m1/s1. The van der Waals surface area contributed by atoms with Crippen molar-refractivity contribution >= 4 is 5.91 Å². The van der Waals surface area contributed by atoms with Crippen LogP contribution < -0.4 is 5.32 Å². The molecule has 1 atom stereocenters. The highest BCUT2D eigenvalue weighted by atomic mass is 16.1. The van der Waals surface area contributed by atoms with Crippen LogP contribution in [0.15, 0.2) is 42.5 Å². The first-order valence-corrected chi connectivity index (χ1v) is 9.72. The number of carbonyl (C=O) groups is 1. The summed E-state index contributed by atoms with van der Waals surface area (Å²) in [6.45, 7) is 9.60. The van der Waals surface area contributed by atoms with Crippen LogP contribution in [0.4, 0.5) is 0 Å². The maximum absolute atomic E-state index is 12.6. The van der Waals surface area contributed by atoms with Crippen molar-refractivity contribution in [3.8, 4) is 0 Å². The van der Waals surface area contributed by atoms with Gasteiger partial charge in [0.05, 0.1) is 6.04 Å². The Kier molecular flexibility index (Phi) is 6.10. The normalized spacial score (nSPS) is 16.3. The Morgan fingerprint density at radius 1 is 1.04 bits per heavy atom. The van der Waals surface area contributed by atoms with Gasteiger partial charge in [-0.15, -0.1) is 0 Å². The molecule has 0 unspecified atom stereocenters. The Bertz CT molecular complexity index is 745. The third kappa shape index (κ3) is 4.73. The van der Waals surface area contributed by atoms with Gasteiger partial charge < -0.3 is 5.32 Å². The molecule has 0 aromatic heterocycles. The van der Waals surface area contributed by atoms with Crippen LogP contribution >= 0.6 is 0 Å². The maximum Gasteiger partial charge on any atom is 0.251 e. The second-order valence-electron chi connectivity index (χ2n) is 7.59. The van der Waals surface area contributed by atoms with E-state index in [0.717, 1.165) is 12.1 Å². The number of likely N-dealkylation sites (tertiary alicyclic amines) is 1. The summed E-state index contributed by atoms with van der Waals surface area (Å²) < 4.78 is 0. The lowest BCUT2D eigenvalue weighted by Gasteiger charge is -2.26. The largest absolute Gasteiger partial charge is 0.346 e. The van der Waals surface area contributed by atoms with Gasteiger partial charge in [-0.25, -0.2) is 0 Å². The summed E-state index contributed by atoms with van der Waals surface area (Å²) in [5.41, 5.74) is 5.64. The zero-order valence-corrected chi connectivity index (χ0v) is 16.2. The molecule has 0 saturated carbocycles. The molecule has 0 radical (unpaired) electrons. The second-order valence-corrected chi connectivity index (χ2v) is 7.59. The van der Waals surface area contributed by atoms with Gasteiger partial charge in [0.25, 0.3) is 5.91 Å². The molecule has 0 bridgehead atoms. The van der Waals surface area contributed by atoms with Gasteiger partial charge in [0, 0.05) is 12.1 Å². The van der Waals surface area contributed by atoms with Crippen LogP contribution in [0.2, 0.25) is 0 Å². The van der Waals surface area contributed by atoms with E-state index in [1.807, 2.05) is 19.1 Å². The second kappa shape index (κ2) is 8.50. The number of aryl methyl sites for hydroxylation is 2. The highest BCUT2D eigenvalue weighted by Crippen LogP contribution is 2.19. The number of carbonyl (C=O) groups excluding carboxylic acids is 1. The van der Waals surface area contributed by atoms with Crippen molar-refractivity contribution in [2.24, 2.45) is 0 Å². The van der Waals surface area contributed by atoms with E-state index in [0.29, 0.717) is 0 Å². The van der Waals surface area contributed by atoms with E-state index < -0.39 is 0 Å². The van der Waals surface area contributed by atoms with E-state index >= 15 is 0 Å². The van der Waals surface area contributed by atoms with Crippen molar-refractivity contribution < 1.29 is 4.79 Å². The molecule has 1 fully saturated rings. The summed E-state index contributed by atoms with van der Waals surface area (Å²) in [4.78, 5) is 15.1. The predicted molar refractivity (Wildman–Crippen MR) is 107 cm³/mol. The van der Waals surface area contributed by atoms with Gasteiger partial charge in [-0.2, -0.15) is 0 Å². The van der Waals surface area contributed by atoms with E-state index in [-0.39, 0.29) is 11.9 Å². The van der Waals surface area contributed by atoms with Crippen LogP contribution in [0.3, 0.4) is 0 Å². The monoisotopic (exact) mass is 350 g/mol. The van der Waals surface area contributed by atoms with Gasteiger partial charge in [-0.3, -0.25) is 9.69 Å². The third-order valence-electron chi connectivity index (χ3n) is 5.31. The maximum atomic E-state index is 12.6. The summed E-state index contributed by atoms with van der Waals surface area (Å²) in [5, 5.41) is 3.12. The molecule has 1 aliphatic rings. The van der Waals surface area contributed by atoms with Gasteiger partial charge in [-0.05, 0) is 75.5 Å². The number of amides is 1. The highest BCUT2D eigenvalue weighted by molar-refractivity contribution is 5.94. The van der Waals surface area contributed by atoms with Gasteiger partial charge in [0.2, 0.25) is 0 Å². The fraction of sp³-hybridized carbons (Fsp3) is 0.435. The number of rotatable bonds is 5. The molecule has 3 heteroatoms. The first-order chi connectivity index (χ1) is 12.5. The summed E-state index contributed by atoms with van der Waals surface area (Å²) in [6.07, 6.45) is 3.96. The minimum Gasteiger partial charge on any atom is -0.346 e.